The minimum Gasteiger partial charge on any atom is -0.627 e. The maximum absolute atomic E-state index is 13.2. The molecular formula is C35H35N3O. The number of benzene rings is 4. The molecule has 1 aliphatic rings. The van der Waals surface area contributed by atoms with Crippen LogP contribution in [0.25, 0.3) is 0 Å². The number of aromatic nitrogens is 2. The normalized spacial score (nSPS) is 15.2. The van der Waals surface area contributed by atoms with Gasteiger partial charge in [0.2, 0.25) is 0 Å². The fraction of sp³-hybridized carbons (Fsp3) is 0.229. The predicted octanol–water partition coefficient (Wildman–Crippen LogP) is 7.50. The molecule has 0 radical (unpaired) electrons. The Morgan fingerprint density at radius 1 is 0.641 bits per heavy atom. The molecule has 4 aromatic carbocycles. The number of aryl methyl sites for hydroxylation is 2. The van der Waals surface area contributed by atoms with Gasteiger partial charge in [-0.1, -0.05) is 103 Å². The maximum Gasteiger partial charge on any atom is 0.132 e. The Morgan fingerprint density at radius 3 is 1.67 bits per heavy atom. The molecule has 0 unspecified atom stereocenters. The Kier molecular flexibility index (Phi) is 7.14. The zero-order chi connectivity index (χ0) is 26.5. The van der Waals surface area contributed by atoms with Crippen molar-refractivity contribution < 1.29 is 0 Å². The molecule has 1 saturated heterocycles. The van der Waals surface area contributed by atoms with Crippen LogP contribution in [0.5, 0.6) is 0 Å². The highest BCUT2D eigenvalue weighted by molar-refractivity contribution is 5.51. The highest BCUT2D eigenvalue weighted by Gasteiger charge is 2.38. The van der Waals surface area contributed by atoms with Crippen LogP contribution in [-0.2, 0) is 18.4 Å². The van der Waals surface area contributed by atoms with Crippen molar-refractivity contribution in [2.24, 2.45) is 0 Å². The second kappa shape index (κ2) is 11.0. The summed E-state index contributed by atoms with van der Waals surface area (Å²) in [6.07, 6.45) is 9.10. The lowest BCUT2D eigenvalue weighted by atomic mass is 9.77. The van der Waals surface area contributed by atoms with E-state index < -0.39 is 5.54 Å². The van der Waals surface area contributed by atoms with Gasteiger partial charge in [-0.2, -0.15) is 0 Å². The molecule has 0 amide bonds. The molecule has 0 saturated carbocycles. The Morgan fingerprint density at radius 2 is 1.15 bits per heavy atom. The number of nitrogens with zero attached hydrogens (tertiary/aromatic N) is 3. The van der Waals surface area contributed by atoms with Crippen LogP contribution in [0.15, 0.2) is 128 Å². The SMILES string of the molecule is [O-][N+]1(c2ccc(CCc3cn(C(c4ccccc4)(c4ccccc4)c4ccccc4)cn3)cc2)CCCCC1. The summed E-state index contributed by atoms with van der Waals surface area (Å²) in [5.74, 6) is 0. The summed E-state index contributed by atoms with van der Waals surface area (Å²) >= 11 is 0. The summed E-state index contributed by atoms with van der Waals surface area (Å²) in [4.78, 5) is 4.89. The molecule has 0 aliphatic carbocycles. The Labute approximate surface area is 231 Å². The van der Waals surface area contributed by atoms with Crippen LogP contribution in [0.4, 0.5) is 5.69 Å². The Balaban J connectivity index is 1.31. The molecule has 0 bridgehead atoms. The van der Waals surface area contributed by atoms with E-state index in [2.05, 4.69) is 114 Å². The van der Waals surface area contributed by atoms with E-state index in [-0.39, 0.29) is 4.65 Å². The molecule has 0 atom stereocenters. The van der Waals surface area contributed by atoms with Crippen molar-refractivity contribution >= 4 is 5.69 Å². The van der Waals surface area contributed by atoms with Gasteiger partial charge < -0.3 is 14.4 Å². The lowest BCUT2D eigenvalue weighted by Crippen LogP contribution is -2.47. The highest BCUT2D eigenvalue weighted by Crippen LogP contribution is 2.40. The van der Waals surface area contributed by atoms with Crippen LogP contribution in [0.1, 0.15) is 47.2 Å². The van der Waals surface area contributed by atoms with Crippen molar-refractivity contribution in [2.45, 2.75) is 37.6 Å². The van der Waals surface area contributed by atoms with Crippen molar-refractivity contribution in [2.75, 3.05) is 13.1 Å². The van der Waals surface area contributed by atoms with E-state index >= 15 is 0 Å². The summed E-state index contributed by atoms with van der Waals surface area (Å²) in [5, 5.41) is 13.2. The van der Waals surface area contributed by atoms with Crippen molar-refractivity contribution in [3.05, 3.63) is 161 Å². The van der Waals surface area contributed by atoms with E-state index in [9.17, 15) is 5.21 Å². The second-order valence-corrected chi connectivity index (χ2v) is 10.6. The highest BCUT2D eigenvalue weighted by atomic mass is 16.5. The van der Waals surface area contributed by atoms with Gasteiger partial charge in [-0.05, 0) is 66.5 Å². The fourth-order valence-electron chi connectivity index (χ4n) is 6.15. The summed E-state index contributed by atoms with van der Waals surface area (Å²) in [7, 11) is 0. The van der Waals surface area contributed by atoms with Crippen LogP contribution in [0.3, 0.4) is 0 Å². The summed E-state index contributed by atoms with van der Waals surface area (Å²) < 4.78 is 2.10. The first-order chi connectivity index (χ1) is 19.2. The maximum atomic E-state index is 13.2. The molecule has 196 valence electrons. The third kappa shape index (κ3) is 4.94. The average molecular weight is 514 g/mol. The van der Waals surface area contributed by atoms with Crippen molar-refractivity contribution in [3.8, 4) is 0 Å². The molecule has 6 rings (SSSR count). The van der Waals surface area contributed by atoms with Crippen LogP contribution in [-0.4, -0.2) is 22.6 Å². The van der Waals surface area contributed by atoms with Gasteiger partial charge in [0.1, 0.15) is 11.2 Å². The smallest absolute Gasteiger partial charge is 0.132 e. The standard InChI is InChI=1S/C35H35N3O/c39-38(25-11-4-12-26-38)34-23-20-29(21-24-34)19-22-33-27-37(28-36-33)35(30-13-5-1-6-14-30,31-15-7-2-8-16-31)32-17-9-3-10-18-32/h1-3,5-10,13-18,20-21,23-24,27-28H,4,11-12,19,22,25-26H2. The van der Waals surface area contributed by atoms with Gasteiger partial charge in [-0.25, -0.2) is 4.98 Å². The molecular weight excluding hydrogens is 478 g/mol. The van der Waals surface area contributed by atoms with Gasteiger partial charge in [0.25, 0.3) is 0 Å². The van der Waals surface area contributed by atoms with Crippen molar-refractivity contribution in [1.29, 1.82) is 0 Å². The molecule has 1 fully saturated rings. The molecule has 4 nitrogen and oxygen atoms in total. The first kappa shape index (κ1) is 25.3. The van der Waals surface area contributed by atoms with Gasteiger partial charge in [0.05, 0.1) is 25.1 Å². The first-order valence-electron chi connectivity index (χ1n) is 14.1. The number of quaternary nitrogens is 1. The van der Waals surface area contributed by atoms with Crippen LogP contribution in [0.2, 0.25) is 0 Å². The zero-order valence-electron chi connectivity index (χ0n) is 22.3. The fourth-order valence-corrected chi connectivity index (χ4v) is 6.15. The second-order valence-electron chi connectivity index (χ2n) is 10.6. The first-order valence-corrected chi connectivity index (χ1v) is 14.1. The molecule has 0 spiro atoms. The minimum absolute atomic E-state index is 0.175. The third-order valence-corrected chi connectivity index (χ3v) is 8.21. The average Bonchev–Trinajstić information content (AvgIpc) is 3.48. The Hall–Kier alpha value is -3.99. The minimum atomic E-state index is -0.545. The molecule has 2 heterocycles. The van der Waals surface area contributed by atoms with Gasteiger partial charge in [0, 0.05) is 6.20 Å². The van der Waals surface area contributed by atoms with Crippen molar-refractivity contribution in [3.63, 3.8) is 0 Å². The van der Waals surface area contributed by atoms with Crippen LogP contribution >= 0.6 is 0 Å². The number of hydrogen-bond donors (Lipinski definition) is 0. The molecule has 4 heteroatoms. The van der Waals surface area contributed by atoms with Gasteiger partial charge in [0.15, 0.2) is 0 Å². The van der Waals surface area contributed by atoms with Crippen LogP contribution in [0, 0.1) is 5.21 Å². The van der Waals surface area contributed by atoms with E-state index in [1.807, 2.05) is 18.5 Å². The monoisotopic (exact) mass is 513 g/mol. The molecule has 39 heavy (non-hydrogen) atoms. The summed E-state index contributed by atoms with van der Waals surface area (Å²) in [6, 6.07) is 40.4. The number of hydrogen-bond acceptors (Lipinski definition) is 2. The topological polar surface area (TPSA) is 40.9 Å². The van der Waals surface area contributed by atoms with Crippen molar-refractivity contribution in [1.82, 2.24) is 14.2 Å². The van der Waals surface area contributed by atoms with E-state index in [1.54, 1.807) is 0 Å². The van der Waals surface area contributed by atoms with Crippen LogP contribution < -0.4 is 4.65 Å². The quantitative estimate of drug-likeness (QED) is 0.122. The molecule has 0 N–H and O–H groups in total. The summed E-state index contributed by atoms with van der Waals surface area (Å²) in [5.41, 5.74) is 6.20. The number of rotatable bonds is 8. The number of hydroxylamine groups is 2. The molecule has 1 aromatic heterocycles. The molecule has 5 aromatic rings. The van der Waals surface area contributed by atoms with E-state index in [0.717, 1.165) is 37.1 Å². The van der Waals surface area contributed by atoms with E-state index in [0.29, 0.717) is 13.1 Å². The largest absolute Gasteiger partial charge is 0.627 e. The third-order valence-electron chi connectivity index (χ3n) is 8.21. The van der Waals surface area contributed by atoms with Gasteiger partial charge >= 0.3 is 0 Å². The van der Waals surface area contributed by atoms with E-state index in [1.165, 1.54) is 28.7 Å². The van der Waals surface area contributed by atoms with Gasteiger partial charge in [-0.15, -0.1) is 0 Å². The van der Waals surface area contributed by atoms with Gasteiger partial charge in [-0.3, -0.25) is 0 Å². The zero-order valence-corrected chi connectivity index (χ0v) is 22.3. The Bertz CT molecular complexity index is 1380. The number of piperidine rings is 1. The molecule has 1 aliphatic heterocycles. The lowest BCUT2D eigenvalue weighted by molar-refractivity contribution is 0.307. The van der Waals surface area contributed by atoms with E-state index in [4.69, 9.17) is 4.98 Å². The summed E-state index contributed by atoms with van der Waals surface area (Å²) in [6.45, 7) is 1.39. The number of imidazole rings is 1. The predicted molar refractivity (Wildman–Crippen MR) is 159 cm³/mol. The lowest BCUT2D eigenvalue weighted by Gasteiger charge is -2.44.